The Balaban J connectivity index is 1.22. The highest BCUT2D eigenvalue weighted by Crippen LogP contribution is 2.22. The Hall–Kier alpha value is -2.93. The average molecular weight is 399 g/mol. The van der Waals surface area contributed by atoms with Gasteiger partial charge >= 0.3 is 0 Å². The van der Waals surface area contributed by atoms with Gasteiger partial charge in [-0.3, -0.25) is 9.69 Å². The van der Waals surface area contributed by atoms with Crippen molar-refractivity contribution in [2.24, 2.45) is 0 Å². The maximum Gasteiger partial charge on any atom is 0.248 e. The molecule has 0 amide bonds. The number of aromatic amines is 1. The van der Waals surface area contributed by atoms with Crippen LogP contribution in [0.4, 0.5) is 14.5 Å². The van der Waals surface area contributed by atoms with Gasteiger partial charge in [-0.05, 0) is 42.8 Å². The van der Waals surface area contributed by atoms with Crippen LogP contribution in [0.5, 0.6) is 5.75 Å². The first-order valence-electron chi connectivity index (χ1n) is 9.77. The van der Waals surface area contributed by atoms with E-state index in [1.165, 1.54) is 18.2 Å². The lowest BCUT2D eigenvalue weighted by atomic mass is 10.2. The molecule has 0 spiro atoms. The highest BCUT2D eigenvalue weighted by atomic mass is 19.1. The van der Waals surface area contributed by atoms with E-state index >= 15 is 0 Å². The second kappa shape index (κ2) is 8.61. The Morgan fingerprint density at radius 1 is 0.966 bits per heavy atom. The average Bonchev–Trinajstić information content (AvgIpc) is 2.72. The predicted molar refractivity (Wildman–Crippen MR) is 110 cm³/mol. The second-order valence-corrected chi connectivity index (χ2v) is 7.20. The van der Waals surface area contributed by atoms with Crippen LogP contribution in [0.25, 0.3) is 10.9 Å². The standard InChI is InChI=1S/C22H23F2N3O2/c23-17-3-6-21(19(24)15-17)27-11-9-26(10-12-27)8-1-13-29-18-4-5-20-16(14-18)2-7-22(28)25-20/h2-7,14-15H,1,8-13H2,(H,25,28). The van der Waals surface area contributed by atoms with Gasteiger partial charge in [0, 0.05) is 55.8 Å². The van der Waals surface area contributed by atoms with Crippen LogP contribution in [-0.4, -0.2) is 49.2 Å². The zero-order valence-electron chi connectivity index (χ0n) is 16.0. The van der Waals surface area contributed by atoms with E-state index in [2.05, 4.69) is 9.88 Å². The molecule has 0 aliphatic carbocycles. The van der Waals surface area contributed by atoms with E-state index in [1.807, 2.05) is 23.1 Å². The van der Waals surface area contributed by atoms with E-state index in [1.54, 1.807) is 6.07 Å². The summed E-state index contributed by atoms with van der Waals surface area (Å²) in [4.78, 5) is 18.4. The van der Waals surface area contributed by atoms with Crippen molar-refractivity contribution in [1.82, 2.24) is 9.88 Å². The number of rotatable bonds is 6. The van der Waals surface area contributed by atoms with Crippen LogP contribution in [0.2, 0.25) is 0 Å². The molecule has 3 aromatic rings. The minimum absolute atomic E-state index is 0.117. The summed E-state index contributed by atoms with van der Waals surface area (Å²) >= 11 is 0. The van der Waals surface area contributed by atoms with Gasteiger partial charge in [0.2, 0.25) is 5.56 Å². The Morgan fingerprint density at radius 2 is 1.79 bits per heavy atom. The minimum Gasteiger partial charge on any atom is -0.494 e. The second-order valence-electron chi connectivity index (χ2n) is 7.20. The summed E-state index contributed by atoms with van der Waals surface area (Å²) in [5, 5.41) is 0.936. The molecule has 0 unspecified atom stereocenters. The van der Waals surface area contributed by atoms with Crippen LogP contribution >= 0.6 is 0 Å². The normalized spacial score (nSPS) is 15.0. The van der Waals surface area contributed by atoms with Crippen LogP contribution in [0, 0.1) is 11.6 Å². The zero-order chi connectivity index (χ0) is 20.2. The number of anilines is 1. The summed E-state index contributed by atoms with van der Waals surface area (Å²) in [5.41, 5.74) is 1.14. The van der Waals surface area contributed by atoms with Crippen LogP contribution in [-0.2, 0) is 0 Å². The Bertz CT molecular complexity index is 1050. The number of halogens is 2. The van der Waals surface area contributed by atoms with E-state index in [-0.39, 0.29) is 5.56 Å². The third-order valence-electron chi connectivity index (χ3n) is 5.21. The van der Waals surface area contributed by atoms with E-state index in [0.717, 1.165) is 48.8 Å². The number of nitrogens with zero attached hydrogens (tertiary/aromatic N) is 2. The molecule has 29 heavy (non-hydrogen) atoms. The number of pyridine rings is 1. The first kappa shape index (κ1) is 19.4. The molecule has 152 valence electrons. The number of piperazine rings is 1. The molecule has 0 atom stereocenters. The van der Waals surface area contributed by atoms with Gasteiger partial charge in [-0.15, -0.1) is 0 Å². The summed E-state index contributed by atoms with van der Waals surface area (Å²) in [6.07, 6.45) is 0.884. The number of ether oxygens (including phenoxy) is 1. The number of fused-ring (bicyclic) bond motifs is 1. The number of H-pyrrole nitrogens is 1. The predicted octanol–water partition coefficient (Wildman–Crippen LogP) is 3.40. The van der Waals surface area contributed by atoms with Crippen molar-refractivity contribution in [3.05, 3.63) is 70.5 Å². The van der Waals surface area contributed by atoms with Gasteiger partial charge in [-0.1, -0.05) is 0 Å². The largest absolute Gasteiger partial charge is 0.494 e. The smallest absolute Gasteiger partial charge is 0.248 e. The Labute approximate surface area is 167 Å². The highest BCUT2D eigenvalue weighted by molar-refractivity contribution is 5.79. The van der Waals surface area contributed by atoms with E-state index < -0.39 is 11.6 Å². The number of hydrogen-bond donors (Lipinski definition) is 1. The molecule has 1 aromatic heterocycles. The van der Waals surface area contributed by atoms with Crippen molar-refractivity contribution >= 4 is 16.6 Å². The minimum atomic E-state index is -0.551. The lowest BCUT2D eigenvalue weighted by molar-refractivity contribution is 0.224. The van der Waals surface area contributed by atoms with Crippen molar-refractivity contribution < 1.29 is 13.5 Å². The van der Waals surface area contributed by atoms with Crippen LogP contribution in [0.1, 0.15) is 6.42 Å². The topological polar surface area (TPSA) is 48.6 Å². The van der Waals surface area contributed by atoms with Gasteiger partial charge in [0.15, 0.2) is 0 Å². The third-order valence-corrected chi connectivity index (χ3v) is 5.21. The van der Waals surface area contributed by atoms with Gasteiger partial charge in [0.05, 0.1) is 12.3 Å². The van der Waals surface area contributed by atoms with Gasteiger partial charge in [-0.2, -0.15) is 0 Å². The van der Waals surface area contributed by atoms with Gasteiger partial charge in [0.1, 0.15) is 17.4 Å². The third kappa shape index (κ3) is 4.74. The van der Waals surface area contributed by atoms with Crippen molar-refractivity contribution in [2.75, 3.05) is 44.2 Å². The maximum absolute atomic E-state index is 13.9. The fourth-order valence-electron chi connectivity index (χ4n) is 3.65. The van der Waals surface area contributed by atoms with Crippen molar-refractivity contribution in [1.29, 1.82) is 0 Å². The van der Waals surface area contributed by atoms with E-state index in [0.29, 0.717) is 25.4 Å². The van der Waals surface area contributed by atoms with Crippen LogP contribution < -0.4 is 15.2 Å². The van der Waals surface area contributed by atoms with Gasteiger partial charge in [-0.25, -0.2) is 8.78 Å². The van der Waals surface area contributed by atoms with Gasteiger partial charge in [0.25, 0.3) is 0 Å². The molecule has 0 saturated carbocycles. The SMILES string of the molecule is O=c1ccc2cc(OCCCN3CCN(c4ccc(F)cc4F)CC3)ccc2[nH]1. The monoisotopic (exact) mass is 399 g/mol. The molecule has 5 nitrogen and oxygen atoms in total. The number of hydrogen-bond acceptors (Lipinski definition) is 4. The quantitative estimate of drug-likeness (QED) is 0.646. The molecule has 7 heteroatoms. The molecule has 0 bridgehead atoms. The summed E-state index contributed by atoms with van der Waals surface area (Å²) in [7, 11) is 0. The lowest BCUT2D eigenvalue weighted by Crippen LogP contribution is -2.47. The molecule has 4 rings (SSSR count). The summed E-state index contributed by atoms with van der Waals surface area (Å²) < 4.78 is 32.8. The maximum atomic E-state index is 13.9. The fraction of sp³-hybridized carbons (Fsp3) is 0.318. The number of aromatic nitrogens is 1. The van der Waals surface area contributed by atoms with E-state index in [4.69, 9.17) is 4.74 Å². The first-order chi connectivity index (χ1) is 14.1. The summed E-state index contributed by atoms with van der Waals surface area (Å²) in [5.74, 6) is -0.281. The summed E-state index contributed by atoms with van der Waals surface area (Å²) in [6, 6.07) is 12.6. The molecule has 1 fully saturated rings. The molecular weight excluding hydrogens is 376 g/mol. The molecule has 1 aliphatic rings. The van der Waals surface area contributed by atoms with Crippen LogP contribution in [0.15, 0.2) is 53.3 Å². The molecular formula is C22H23F2N3O2. The van der Waals surface area contributed by atoms with E-state index in [9.17, 15) is 13.6 Å². The molecule has 1 N–H and O–H groups in total. The number of benzene rings is 2. The van der Waals surface area contributed by atoms with Crippen LogP contribution in [0.3, 0.4) is 0 Å². The zero-order valence-corrected chi connectivity index (χ0v) is 16.0. The number of nitrogens with one attached hydrogen (secondary N) is 1. The highest BCUT2D eigenvalue weighted by Gasteiger charge is 2.19. The molecule has 0 radical (unpaired) electrons. The van der Waals surface area contributed by atoms with Crippen molar-refractivity contribution in [2.45, 2.75) is 6.42 Å². The molecule has 1 aliphatic heterocycles. The Kier molecular flexibility index (Phi) is 5.76. The first-order valence-corrected chi connectivity index (χ1v) is 9.77. The van der Waals surface area contributed by atoms with Crippen molar-refractivity contribution in [3.63, 3.8) is 0 Å². The molecule has 2 heterocycles. The van der Waals surface area contributed by atoms with Crippen molar-refractivity contribution in [3.8, 4) is 5.75 Å². The van der Waals surface area contributed by atoms with Gasteiger partial charge < -0.3 is 14.6 Å². The lowest BCUT2D eigenvalue weighted by Gasteiger charge is -2.36. The molecule has 2 aromatic carbocycles. The summed E-state index contributed by atoms with van der Waals surface area (Å²) in [6.45, 7) is 4.60. The Morgan fingerprint density at radius 3 is 2.59 bits per heavy atom. The fourth-order valence-corrected chi connectivity index (χ4v) is 3.65. The molecule has 1 saturated heterocycles.